The van der Waals surface area contributed by atoms with Crippen molar-refractivity contribution in [1.29, 1.82) is 0 Å². The first-order valence-electron chi connectivity index (χ1n) is 10.4. The minimum absolute atomic E-state index is 0.00166. The first-order chi connectivity index (χ1) is 15.1. The van der Waals surface area contributed by atoms with E-state index < -0.39 is 0 Å². The maximum atomic E-state index is 12.7. The van der Waals surface area contributed by atoms with Crippen molar-refractivity contribution in [2.75, 3.05) is 18.4 Å². The van der Waals surface area contributed by atoms with Gasteiger partial charge in [-0.05, 0) is 74.5 Å². The predicted octanol–water partition coefficient (Wildman–Crippen LogP) is 6.64. The van der Waals surface area contributed by atoms with Gasteiger partial charge < -0.3 is 10.1 Å². The lowest BCUT2D eigenvalue weighted by Gasteiger charge is -2.31. The zero-order valence-electron chi connectivity index (χ0n) is 17.1. The first kappa shape index (κ1) is 21.7. The predicted molar refractivity (Wildman–Crippen MR) is 126 cm³/mol. The van der Waals surface area contributed by atoms with E-state index in [-0.39, 0.29) is 11.8 Å². The second kappa shape index (κ2) is 10.2. The zero-order chi connectivity index (χ0) is 21.6. The van der Waals surface area contributed by atoms with Gasteiger partial charge in [0.2, 0.25) is 5.91 Å². The van der Waals surface area contributed by atoms with Gasteiger partial charge in [0.15, 0.2) is 0 Å². The molecule has 0 aromatic heterocycles. The van der Waals surface area contributed by atoms with Crippen LogP contribution in [0.25, 0.3) is 0 Å². The van der Waals surface area contributed by atoms with Gasteiger partial charge in [-0.25, -0.2) is 0 Å². The van der Waals surface area contributed by atoms with Crippen molar-refractivity contribution in [3.63, 3.8) is 0 Å². The molecule has 1 saturated heterocycles. The molecule has 4 nitrogen and oxygen atoms in total. The molecule has 0 saturated carbocycles. The lowest BCUT2D eigenvalue weighted by Crippen LogP contribution is -2.37. The SMILES string of the molecule is O=C(Nc1ccc(Oc2ccccc2)cc1)C1CCN(Cc2c(Cl)cccc2Cl)CC1. The summed E-state index contributed by atoms with van der Waals surface area (Å²) in [6.07, 6.45) is 1.62. The van der Waals surface area contributed by atoms with Crippen molar-refractivity contribution in [2.45, 2.75) is 19.4 Å². The highest BCUT2D eigenvalue weighted by atomic mass is 35.5. The van der Waals surface area contributed by atoms with Crippen LogP contribution in [-0.2, 0) is 11.3 Å². The summed E-state index contributed by atoms with van der Waals surface area (Å²) in [6, 6.07) is 22.6. The van der Waals surface area contributed by atoms with E-state index in [2.05, 4.69) is 10.2 Å². The van der Waals surface area contributed by atoms with Crippen LogP contribution in [0, 0.1) is 5.92 Å². The summed E-state index contributed by atoms with van der Waals surface area (Å²) in [7, 11) is 0. The highest BCUT2D eigenvalue weighted by molar-refractivity contribution is 6.35. The summed E-state index contributed by atoms with van der Waals surface area (Å²) < 4.78 is 5.80. The van der Waals surface area contributed by atoms with Gasteiger partial charge in [0.25, 0.3) is 0 Å². The van der Waals surface area contributed by atoms with Crippen LogP contribution in [0.5, 0.6) is 11.5 Å². The number of hydrogen-bond acceptors (Lipinski definition) is 3. The molecule has 0 radical (unpaired) electrons. The lowest BCUT2D eigenvalue weighted by molar-refractivity contribution is -0.121. The van der Waals surface area contributed by atoms with E-state index in [0.717, 1.165) is 48.7 Å². The van der Waals surface area contributed by atoms with E-state index in [1.165, 1.54) is 0 Å². The number of amides is 1. The molecule has 0 unspecified atom stereocenters. The molecule has 1 heterocycles. The highest BCUT2D eigenvalue weighted by Gasteiger charge is 2.25. The topological polar surface area (TPSA) is 41.6 Å². The molecule has 6 heteroatoms. The Balaban J connectivity index is 1.27. The summed E-state index contributed by atoms with van der Waals surface area (Å²) in [6.45, 7) is 2.38. The average molecular weight is 455 g/mol. The lowest BCUT2D eigenvalue weighted by atomic mass is 9.95. The van der Waals surface area contributed by atoms with Crippen molar-refractivity contribution in [1.82, 2.24) is 4.90 Å². The number of anilines is 1. The van der Waals surface area contributed by atoms with Crippen molar-refractivity contribution >= 4 is 34.8 Å². The fourth-order valence-corrected chi connectivity index (χ4v) is 4.25. The van der Waals surface area contributed by atoms with Crippen LogP contribution in [0.15, 0.2) is 72.8 Å². The van der Waals surface area contributed by atoms with Crippen LogP contribution in [-0.4, -0.2) is 23.9 Å². The number of halogens is 2. The van der Waals surface area contributed by atoms with E-state index in [1.54, 1.807) is 0 Å². The van der Waals surface area contributed by atoms with E-state index in [4.69, 9.17) is 27.9 Å². The molecule has 1 aliphatic heterocycles. The monoisotopic (exact) mass is 454 g/mol. The van der Waals surface area contributed by atoms with Crippen LogP contribution < -0.4 is 10.1 Å². The molecule has 3 aromatic rings. The Morgan fingerprint density at radius 1 is 0.871 bits per heavy atom. The fraction of sp³-hybridized carbons (Fsp3) is 0.240. The maximum Gasteiger partial charge on any atom is 0.227 e. The number of hydrogen-bond donors (Lipinski definition) is 1. The number of benzene rings is 3. The molecule has 1 N–H and O–H groups in total. The summed E-state index contributed by atoms with van der Waals surface area (Å²) in [5.74, 6) is 1.57. The molecule has 1 aliphatic rings. The van der Waals surface area contributed by atoms with Gasteiger partial charge in [0.1, 0.15) is 11.5 Å². The van der Waals surface area contributed by atoms with Crippen molar-refractivity contribution < 1.29 is 9.53 Å². The number of para-hydroxylation sites is 1. The Morgan fingerprint density at radius 2 is 1.48 bits per heavy atom. The number of carbonyl (C=O) groups excluding carboxylic acids is 1. The number of nitrogens with zero attached hydrogens (tertiary/aromatic N) is 1. The number of carbonyl (C=O) groups is 1. The summed E-state index contributed by atoms with van der Waals surface area (Å²) in [5, 5.41) is 4.40. The third kappa shape index (κ3) is 5.79. The van der Waals surface area contributed by atoms with Crippen molar-refractivity contribution in [3.8, 4) is 11.5 Å². The molecule has 0 spiro atoms. The Morgan fingerprint density at radius 3 is 2.13 bits per heavy atom. The molecule has 3 aromatic carbocycles. The number of likely N-dealkylation sites (tertiary alicyclic amines) is 1. The van der Waals surface area contributed by atoms with Gasteiger partial charge in [-0.15, -0.1) is 0 Å². The molecule has 0 atom stereocenters. The van der Waals surface area contributed by atoms with Crippen LogP contribution in [0.3, 0.4) is 0 Å². The molecule has 31 heavy (non-hydrogen) atoms. The van der Waals surface area contributed by atoms with E-state index >= 15 is 0 Å². The van der Waals surface area contributed by atoms with Gasteiger partial charge in [-0.3, -0.25) is 9.69 Å². The second-order valence-electron chi connectivity index (χ2n) is 7.68. The Labute approximate surface area is 192 Å². The smallest absolute Gasteiger partial charge is 0.227 e. The van der Waals surface area contributed by atoms with E-state index in [0.29, 0.717) is 16.6 Å². The molecule has 4 rings (SSSR count). The largest absolute Gasteiger partial charge is 0.457 e. The third-order valence-corrected chi connectivity index (χ3v) is 6.21. The van der Waals surface area contributed by atoms with E-state index in [9.17, 15) is 4.79 Å². The number of rotatable bonds is 6. The summed E-state index contributed by atoms with van der Waals surface area (Å²) in [4.78, 5) is 15.0. The molecule has 160 valence electrons. The normalized spacial score (nSPS) is 14.9. The summed E-state index contributed by atoms with van der Waals surface area (Å²) >= 11 is 12.6. The second-order valence-corrected chi connectivity index (χ2v) is 8.49. The number of piperidine rings is 1. The average Bonchev–Trinajstić information content (AvgIpc) is 2.79. The molecular weight excluding hydrogens is 431 g/mol. The molecule has 1 fully saturated rings. The molecule has 0 bridgehead atoms. The minimum Gasteiger partial charge on any atom is -0.457 e. The standard InChI is InChI=1S/C25H24Cl2N2O2/c26-23-7-4-8-24(27)22(23)17-29-15-13-18(14-16-29)25(30)28-19-9-11-21(12-10-19)31-20-5-2-1-3-6-20/h1-12,18H,13-17H2,(H,28,30). The Hall–Kier alpha value is -2.53. The van der Waals surface area contributed by atoms with E-state index in [1.807, 2.05) is 72.8 Å². The van der Waals surface area contributed by atoms with Gasteiger partial charge in [-0.1, -0.05) is 47.5 Å². The van der Waals surface area contributed by atoms with Crippen molar-refractivity contribution in [3.05, 3.63) is 88.4 Å². The Kier molecular flexibility index (Phi) is 7.13. The third-order valence-electron chi connectivity index (χ3n) is 5.50. The number of ether oxygens (including phenoxy) is 1. The van der Waals surface area contributed by atoms with Crippen LogP contribution in [0.4, 0.5) is 5.69 Å². The van der Waals surface area contributed by atoms with Crippen molar-refractivity contribution in [2.24, 2.45) is 5.92 Å². The minimum atomic E-state index is -0.00166. The maximum absolute atomic E-state index is 12.7. The summed E-state index contributed by atoms with van der Waals surface area (Å²) in [5.41, 5.74) is 1.72. The quantitative estimate of drug-likeness (QED) is 0.453. The van der Waals surface area contributed by atoms with Crippen LogP contribution in [0.1, 0.15) is 18.4 Å². The fourth-order valence-electron chi connectivity index (χ4n) is 3.74. The Bertz CT molecular complexity index is 997. The van der Waals surface area contributed by atoms with Crippen LogP contribution >= 0.6 is 23.2 Å². The van der Waals surface area contributed by atoms with Gasteiger partial charge in [0.05, 0.1) is 0 Å². The van der Waals surface area contributed by atoms with Gasteiger partial charge >= 0.3 is 0 Å². The van der Waals surface area contributed by atoms with Crippen LogP contribution in [0.2, 0.25) is 10.0 Å². The molecular formula is C25H24Cl2N2O2. The molecule has 1 amide bonds. The van der Waals surface area contributed by atoms with Gasteiger partial charge in [-0.2, -0.15) is 0 Å². The highest BCUT2D eigenvalue weighted by Crippen LogP contribution is 2.28. The molecule has 0 aliphatic carbocycles. The number of nitrogens with one attached hydrogen (secondary N) is 1. The first-order valence-corrected chi connectivity index (χ1v) is 11.1. The zero-order valence-corrected chi connectivity index (χ0v) is 18.6. The van der Waals surface area contributed by atoms with Gasteiger partial charge in [0, 0.05) is 33.8 Å².